The molecule has 0 saturated carbocycles. The summed E-state index contributed by atoms with van der Waals surface area (Å²) in [6.45, 7) is 0.557. The fraction of sp³-hybridized carbons (Fsp3) is 0.200. The molecule has 0 saturated heterocycles. The lowest BCUT2D eigenvalue weighted by Crippen LogP contribution is -2.35. The van der Waals surface area contributed by atoms with Crippen molar-refractivity contribution in [3.8, 4) is 0 Å². The predicted molar refractivity (Wildman–Crippen MR) is 77.3 cm³/mol. The van der Waals surface area contributed by atoms with Gasteiger partial charge in [-0.2, -0.15) is 0 Å². The third kappa shape index (κ3) is 2.35. The minimum atomic E-state index is -0.392. The summed E-state index contributed by atoms with van der Waals surface area (Å²) in [5, 5.41) is 11.1. The first-order valence-corrected chi connectivity index (χ1v) is 6.66. The molecular weight excluding hydrogens is 270 g/mol. The number of nitro groups is 1. The number of amides is 1. The van der Waals surface area contributed by atoms with E-state index in [1.807, 2.05) is 0 Å². The number of hydrogen-bond donors (Lipinski definition) is 0. The lowest BCUT2D eigenvalue weighted by Gasteiger charge is -2.29. The van der Waals surface area contributed by atoms with Crippen LogP contribution in [0.1, 0.15) is 22.3 Å². The molecule has 1 aliphatic heterocycles. The topological polar surface area (TPSA) is 76.3 Å². The fourth-order valence-electron chi connectivity index (χ4n) is 2.63. The molecule has 0 N–H and O–H groups in total. The molecule has 0 unspecified atom stereocenters. The third-order valence-electron chi connectivity index (χ3n) is 3.58. The Hall–Kier alpha value is -2.76. The lowest BCUT2D eigenvalue weighted by molar-refractivity contribution is -0.385. The minimum absolute atomic E-state index is 0.0798. The molecule has 6 nitrogen and oxygen atoms in total. The van der Waals surface area contributed by atoms with E-state index in [2.05, 4.69) is 4.98 Å². The Morgan fingerprint density at radius 3 is 2.86 bits per heavy atom. The molecule has 1 aliphatic rings. The van der Waals surface area contributed by atoms with Crippen molar-refractivity contribution in [1.29, 1.82) is 0 Å². The van der Waals surface area contributed by atoms with Gasteiger partial charge in [0.05, 0.1) is 21.7 Å². The van der Waals surface area contributed by atoms with E-state index in [0.717, 1.165) is 0 Å². The Kier molecular flexibility index (Phi) is 3.35. The van der Waals surface area contributed by atoms with Crippen LogP contribution >= 0.6 is 0 Å². The number of pyridine rings is 1. The lowest BCUT2D eigenvalue weighted by atomic mass is 9.99. The Morgan fingerprint density at radius 1 is 1.29 bits per heavy atom. The van der Waals surface area contributed by atoms with Crippen LogP contribution in [-0.4, -0.2) is 22.4 Å². The predicted octanol–water partition coefficient (Wildman–Crippen LogP) is 2.58. The summed E-state index contributed by atoms with van der Waals surface area (Å²) in [6, 6.07) is 8.25. The van der Waals surface area contributed by atoms with Crippen LogP contribution in [0.3, 0.4) is 0 Å². The number of nitrogens with zero attached hydrogens (tertiary/aromatic N) is 3. The molecule has 21 heavy (non-hydrogen) atoms. The molecule has 106 valence electrons. The number of rotatable bonds is 2. The van der Waals surface area contributed by atoms with Crippen molar-refractivity contribution < 1.29 is 9.72 Å². The van der Waals surface area contributed by atoms with Gasteiger partial charge in [0, 0.05) is 25.0 Å². The van der Waals surface area contributed by atoms with E-state index in [9.17, 15) is 14.9 Å². The number of nitro benzene ring substituents is 1. The van der Waals surface area contributed by atoms with Crippen LogP contribution in [0.2, 0.25) is 0 Å². The van der Waals surface area contributed by atoms with Gasteiger partial charge >= 0.3 is 0 Å². The van der Waals surface area contributed by atoms with Gasteiger partial charge in [-0.15, -0.1) is 0 Å². The van der Waals surface area contributed by atoms with Crippen LogP contribution < -0.4 is 4.90 Å². The Morgan fingerprint density at radius 2 is 2.14 bits per heavy atom. The summed E-state index contributed by atoms with van der Waals surface area (Å²) in [6.07, 6.45) is 4.44. The molecule has 0 spiro atoms. The van der Waals surface area contributed by atoms with Crippen LogP contribution in [0.5, 0.6) is 0 Å². The molecule has 2 heterocycles. The molecule has 0 fully saturated rings. The zero-order chi connectivity index (χ0) is 14.8. The van der Waals surface area contributed by atoms with Crippen molar-refractivity contribution in [3.05, 3.63) is 64.0 Å². The second-order valence-electron chi connectivity index (χ2n) is 4.83. The number of hydrogen-bond acceptors (Lipinski definition) is 4. The maximum Gasteiger partial charge on any atom is 0.274 e. The largest absolute Gasteiger partial charge is 0.308 e. The van der Waals surface area contributed by atoms with Gasteiger partial charge in [-0.3, -0.25) is 19.9 Å². The van der Waals surface area contributed by atoms with Crippen LogP contribution in [-0.2, 0) is 6.42 Å². The Labute approximate surface area is 121 Å². The third-order valence-corrected chi connectivity index (χ3v) is 3.58. The number of aromatic nitrogens is 1. The number of fused-ring (bicyclic) bond motifs is 1. The van der Waals surface area contributed by atoms with Gasteiger partial charge in [-0.1, -0.05) is 6.07 Å². The van der Waals surface area contributed by atoms with Crippen LogP contribution in [0.15, 0.2) is 42.7 Å². The molecule has 2 aromatic rings. The molecule has 1 amide bonds. The van der Waals surface area contributed by atoms with Crippen LogP contribution in [0.4, 0.5) is 11.4 Å². The first-order valence-electron chi connectivity index (χ1n) is 6.66. The monoisotopic (exact) mass is 283 g/mol. The van der Waals surface area contributed by atoms with Gasteiger partial charge in [0.2, 0.25) is 0 Å². The van der Waals surface area contributed by atoms with E-state index in [1.54, 1.807) is 35.4 Å². The standard InChI is InChI=1S/C15H13N3O3/c19-15(11-4-2-8-16-10-11)17-9-3-5-12-13(17)6-1-7-14(12)18(20)21/h1-2,4,6-8,10H,3,5,9H2. The molecule has 0 aliphatic carbocycles. The van der Waals surface area contributed by atoms with Crippen molar-refractivity contribution in [2.75, 3.05) is 11.4 Å². The van der Waals surface area contributed by atoms with E-state index in [4.69, 9.17) is 0 Å². The average Bonchev–Trinajstić information content (AvgIpc) is 2.53. The molecule has 6 heteroatoms. The van der Waals surface area contributed by atoms with E-state index < -0.39 is 4.92 Å². The summed E-state index contributed by atoms with van der Waals surface area (Å²) in [7, 11) is 0. The molecular formula is C15H13N3O3. The molecule has 1 aromatic carbocycles. The molecule has 0 bridgehead atoms. The first-order chi connectivity index (χ1) is 10.2. The van der Waals surface area contributed by atoms with Gasteiger partial charge in [-0.25, -0.2) is 0 Å². The molecule has 0 atom stereocenters. The zero-order valence-corrected chi connectivity index (χ0v) is 11.2. The number of carbonyl (C=O) groups is 1. The van der Waals surface area contributed by atoms with Crippen molar-refractivity contribution in [2.45, 2.75) is 12.8 Å². The summed E-state index contributed by atoms with van der Waals surface area (Å²) < 4.78 is 0. The summed E-state index contributed by atoms with van der Waals surface area (Å²) >= 11 is 0. The molecule has 3 rings (SSSR count). The molecule has 1 aromatic heterocycles. The number of benzene rings is 1. The summed E-state index contributed by atoms with van der Waals surface area (Å²) in [5.74, 6) is -0.176. The quantitative estimate of drug-likeness (QED) is 0.627. The first kappa shape index (κ1) is 13.2. The normalized spacial score (nSPS) is 13.6. The SMILES string of the molecule is O=C(c1cccnc1)N1CCCc2c1cccc2[N+](=O)[O-]. The highest BCUT2D eigenvalue weighted by atomic mass is 16.6. The maximum absolute atomic E-state index is 12.6. The maximum atomic E-state index is 12.6. The smallest absolute Gasteiger partial charge is 0.274 e. The highest BCUT2D eigenvalue weighted by Crippen LogP contribution is 2.34. The minimum Gasteiger partial charge on any atom is -0.308 e. The van der Waals surface area contributed by atoms with Gasteiger partial charge in [-0.05, 0) is 31.0 Å². The van der Waals surface area contributed by atoms with E-state index in [-0.39, 0.29) is 11.6 Å². The highest BCUT2D eigenvalue weighted by molar-refractivity contribution is 6.06. The second-order valence-corrected chi connectivity index (χ2v) is 4.83. The van der Waals surface area contributed by atoms with Gasteiger partial charge in [0.1, 0.15) is 0 Å². The fourth-order valence-corrected chi connectivity index (χ4v) is 2.63. The molecule has 0 radical (unpaired) electrons. The van der Waals surface area contributed by atoms with Crippen LogP contribution in [0, 0.1) is 10.1 Å². The Balaban J connectivity index is 2.04. The average molecular weight is 283 g/mol. The highest BCUT2D eigenvalue weighted by Gasteiger charge is 2.28. The summed E-state index contributed by atoms with van der Waals surface area (Å²) in [5.41, 5.74) is 1.82. The zero-order valence-electron chi connectivity index (χ0n) is 11.2. The van der Waals surface area contributed by atoms with Crippen LogP contribution in [0.25, 0.3) is 0 Å². The number of anilines is 1. The van der Waals surface area contributed by atoms with E-state index >= 15 is 0 Å². The van der Waals surface area contributed by atoms with Crippen molar-refractivity contribution >= 4 is 17.3 Å². The van der Waals surface area contributed by atoms with Crippen molar-refractivity contribution in [3.63, 3.8) is 0 Å². The van der Waals surface area contributed by atoms with Gasteiger partial charge < -0.3 is 4.90 Å². The van der Waals surface area contributed by atoms with E-state index in [1.165, 1.54) is 12.3 Å². The number of carbonyl (C=O) groups excluding carboxylic acids is 1. The van der Waals surface area contributed by atoms with E-state index in [0.29, 0.717) is 36.2 Å². The van der Waals surface area contributed by atoms with Crippen molar-refractivity contribution in [1.82, 2.24) is 4.98 Å². The second kappa shape index (κ2) is 5.32. The Bertz CT molecular complexity index is 701. The van der Waals surface area contributed by atoms with Gasteiger partial charge in [0.25, 0.3) is 11.6 Å². The van der Waals surface area contributed by atoms with Gasteiger partial charge in [0.15, 0.2) is 0 Å². The van der Waals surface area contributed by atoms with Crippen molar-refractivity contribution in [2.24, 2.45) is 0 Å². The summed E-state index contributed by atoms with van der Waals surface area (Å²) in [4.78, 5) is 28.8.